The van der Waals surface area contributed by atoms with E-state index in [1.54, 1.807) is 11.1 Å². The molecule has 0 aromatic rings. The number of hydrogen-bond acceptors (Lipinski definition) is 0. The van der Waals surface area contributed by atoms with Crippen LogP contribution in [0.15, 0.2) is 43.2 Å². The van der Waals surface area contributed by atoms with Gasteiger partial charge in [0.15, 0.2) is 0 Å². The standard InChI is InChI=1S/2C11H17.2ClH.Ti/c2*1-2-3-4-5-8-11-9-6-7-10-11;;;/h2*6,9H,2-5,7-8H2,1H3;2*1H;. The number of unbranched alkanes of at least 4 members (excludes halogenated alkanes) is 6. The van der Waals surface area contributed by atoms with Gasteiger partial charge < -0.3 is 0 Å². The minimum Gasteiger partial charge on any atom is -0.147 e. The molecule has 0 amide bonds. The van der Waals surface area contributed by atoms with Gasteiger partial charge in [0, 0.05) is 0 Å². The molecule has 0 spiro atoms. The summed E-state index contributed by atoms with van der Waals surface area (Å²) in [4.78, 5) is 0. The van der Waals surface area contributed by atoms with E-state index in [1.165, 1.54) is 77.0 Å². The maximum Gasteiger partial charge on any atom is -0.147 e. The van der Waals surface area contributed by atoms with E-state index in [0.717, 1.165) is 0 Å². The first kappa shape index (κ1) is 25.3. The molecule has 0 aliphatic heterocycles. The summed E-state index contributed by atoms with van der Waals surface area (Å²) in [6, 6.07) is 0. The van der Waals surface area contributed by atoms with Crippen LogP contribution in [0.1, 0.15) is 90.9 Å². The van der Waals surface area contributed by atoms with Crippen LogP contribution in [0, 0.1) is 0 Å². The predicted octanol–water partition coefficient (Wildman–Crippen LogP) is 8.28. The zero-order valence-electron chi connectivity index (χ0n) is 16.1. The number of hydrogen-bond donors (Lipinski definition) is 0. The van der Waals surface area contributed by atoms with E-state index in [9.17, 15) is 0 Å². The van der Waals surface area contributed by atoms with E-state index in [1.807, 2.05) is 7.76 Å². The van der Waals surface area contributed by atoms with Gasteiger partial charge in [-0.05, 0) is 0 Å². The van der Waals surface area contributed by atoms with Crippen molar-refractivity contribution in [2.45, 2.75) is 90.9 Å². The van der Waals surface area contributed by atoms with E-state index in [-0.39, 0.29) is 44.0 Å². The Hall–Kier alpha value is 0.254. The molecule has 0 aromatic heterocycles. The fraction of sp³-hybridized carbons (Fsp3) is 0.636. The van der Waals surface area contributed by atoms with Gasteiger partial charge in [0.05, 0.1) is 0 Å². The minimum absolute atomic E-state index is 0. The molecule has 2 aliphatic carbocycles. The molecule has 142 valence electrons. The van der Waals surface area contributed by atoms with Gasteiger partial charge in [0.1, 0.15) is 0 Å². The Bertz CT molecular complexity index is 442. The van der Waals surface area contributed by atoms with Crippen LogP contribution in [0.2, 0.25) is 0 Å². The van der Waals surface area contributed by atoms with E-state index in [0.29, 0.717) is 0 Å². The maximum atomic E-state index is 2.44. The van der Waals surface area contributed by atoms with Crippen molar-refractivity contribution in [1.29, 1.82) is 0 Å². The van der Waals surface area contributed by atoms with Crippen molar-refractivity contribution >= 4 is 24.8 Å². The summed E-state index contributed by atoms with van der Waals surface area (Å²) in [5, 5.41) is 0. The van der Waals surface area contributed by atoms with Crippen molar-refractivity contribution in [3.8, 4) is 0 Å². The summed E-state index contributed by atoms with van der Waals surface area (Å²) in [6.45, 7) is 4.60. The molecule has 0 N–H and O–H groups in total. The van der Waals surface area contributed by atoms with Crippen LogP contribution in [0.25, 0.3) is 0 Å². The second kappa shape index (κ2) is 15.3. The molecule has 0 atom stereocenters. The van der Waals surface area contributed by atoms with Crippen molar-refractivity contribution in [1.82, 2.24) is 0 Å². The van der Waals surface area contributed by atoms with Crippen molar-refractivity contribution in [2.75, 3.05) is 0 Å². The van der Waals surface area contributed by atoms with Crippen LogP contribution in [-0.2, 0) is 19.2 Å². The van der Waals surface area contributed by atoms with Crippen molar-refractivity contribution < 1.29 is 19.2 Å². The first-order chi connectivity index (χ1) is 11.3. The van der Waals surface area contributed by atoms with Crippen molar-refractivity contribution in [3.63, 3.8) is 0 Å². The summed E-state index contributed by atoms with van der Waals surface area (Å²) in [5.41, 5.74) is 3.43. The molecule has 0 saturated carbocycles. The molecule has 0 saturated heterocycles. The Kier molecular flexibility index (Phi) is 15.5. The average molecular weight is 419 g/mol. The molecule has 0 fully saturated rings. The summed E-state index contributed by atoms with van der Waals surface area (Å²) >= 11 is -0.0336. The molecule has 0 bridgehead atoms. The topological polar surface area (TPSA) is 0 Å². The third-order valence-corrected chi connectivity index (χ3v) is 7.54. The summed E-state index contributed by atoms with van der Waals surface area (Å²) in [5.74, 6) is 0. The first-order valence-electron chi connectivity index (χ1n) is 9.89. The quantitative estimate of drug-likeness (QED) is 0.221. The molecule has 2 rings (SSSR count). The maximum absolute atomic E-state index is 2.44. The smallest absolute Gasteiger partial charge is 0.147 e. The normalized spacial score (nSPS) is 15.6. The molecular weight excluding hydrogens is 383 g/mol. The van der Waals surface area contributed by atoms with Crippen LogP contribution >= 0.6 is 24.8 Å². The van der Waals surface area contributed by atoms with Gasteiger partial charge in [-0.2, -0.15) is 0 Å². The summed E-state index contributed by atoms with van der Waals surface area (Å²) in [6.07, 6.45) is 26.0. The fourth-order valence-electron chi connectivity index (χ4n) is 3.50. The average Bonchev–Trinajstić information content (AvgIpc) is 3.18. The van der Waals surface area contributed by atoms with Crippen LogP contribution in [0.4, 0.5) is 0 Å². The minimum atomic E-state index is -0.0336. The predicted molar refractivity (Wildman–Crippen MR) is 114 cm³/mol. The molecular formula is C22H36Cl2Ti. The molecule has 0 unspecified atom stereocenters. The summed E-state index contributed by atoms with van der Waals surface area (Å²) in [7, 11) is 0. The zero-order chi connectivity index (χ0) is 16.3. The van der Waals surface area contributed by atoms with Gasteiger partial charge in [0.25, 0.3) is 0 Å². The molecule has 0 radical (unpaired) electrons. The number of rotatable bonds is 12. The van der Waals surface area contributed by atoms with E-state index in [4.69, 9.17) is 0 Å². The molecule has 0 aromatic carbocycles. The first-order valence-corrected chi connectivity index (χ1v) is 11.5. The molecule has 3 heteroatoms. The van der Waals surface area contributed by atoms with Gasteiger partial charge in [-0.1, -0.05) is 0 Å². The van der Waals surface area contributed by atoms with Crippen molar-refractivity contribution in [2.24, 2.45) is 0 Å². The number of halogens is 2. The Balaban J connectivity index is 0.00000288. The van der Waals surface area contributed by atoms with Crippen molar-refractivity contribution in [3.05, 3.63) is 43.2 Å². The third-order valence-electron chi connectivity index (χ3n) is 4.96. The largest absolute Gasteiger partial charge is 0.147 e. The van der Waals surface area contributed by atoms with E-state index < -0.39 is 0 Å². The van der Waals surface area contributed by atoms with Gasteiger partial charge in [0.2, 0.25) is 0 Å². The van der Waals surface area contributed by atoms with Gasteiger partial charge in [-0.3, -0.25) is 0 Å². The second-order valence-electron chi connectivity index (χ2n) is 6.97. The van der Waals surface area contributed by atoms with E-state index >= 15 is 0 Å². The van der Waals surface area contributed by atoms with Crippen LogP contribution in [-0.4, -0.2) is 0 Å². The molecule has 2 aliphatic rings. The summed E-state index contributed by atoms with van der Waals surface area (Å²) < 4.78 is 3.68. The second-order valence-corrected chi connectivity index (χ2v) is 9.24. The van der Waals surface area contributed by atoms with Crippen LogP contribution < -0.4 is 0 Å². The monoisotopic (exact) mass is 418 g/mol. The van der Waals surface area contributed by atoms with Gasteiger partial charge in [-0.15, -0.1) is 24.8 Å². The van der Waals surface area contributed by atoms with Crippen LogP contribution in [0.3, 0.4) is 0 Å². The Morgan fingerprint density at radius 1 is 0.680 bits per heavy atom. The third kappa shape index (κ3) is 9.14. The van der Waals surface area contributed by atoms with E-state index in [2.05, 4.69) is 38.2 Å². The Morgan fingerprint density at radius 2 is 1.12 bits per heavy atom. The van der Waals surface area contributed by atoms with Gasteiger partial charge >= 0.3 is 153 Å². The molecule has 0 heterocycles. The van der Waals surface area contributed by atoms with Gasteiger partial charge in [-0.25, -0.2) is 0 Å². The fourth-order valence-corrected chi connectivity index (χ4v) is 5.91. The Morgan fingerprint density at radius 3 is 1.52 bits per heavy atom. The molecule has 25 heavy (non-hydrogen) atoms. The number of allylic oxidation sites excluding steroid dienone is 8. The van der Waals surface area contributed by atoms with Crippen LogP contribution in [0.5, 0.6) is 0 Å². The SMILES string of the molecule is CCCCCCC1=[C]([Ti][C]2=C(CCCCCC)C=CC2)CC=C1.Cl.Cl. The Labute approximate surface area is 177 Å². The zero-order valence-corrected chi connectivity index (χ0v) is 19.3. The molecule has 0 nitrogen and oxygen atoms in total.